The van der Waals surface area contributed by atoms with Crippen LogP contribution in [0.4, 0.5) is 5.69 Å². The maximum Gasteiger partial charge on any atom is 0.339 e. The predicted octanol–water partition coefficient (Wildman–Crippen LogP) is 0.352. The third-order valence-corrected chi connectivity index (χ3v) is 3.71. The van der Waals surface area contributed by atoms with E-state index in [4.69, 9.17) is 10.5 Å². The number of hydrogen-bond acceptors (Lipinski definition) is 6. The highest BCUT2D eigenvalue weighted by molar-refractivity contribution is 7.98. The lowest BCUT2D eigenvalue weighted by Gasteiger charge is -2.08. The van der Waals surface area contributed by atoms with Crippen LogP contribution in [0, 0.1) is 0 Å². The summed E-state index contributed by atoms with van der Waals surface area (Å²) in [5, 5.41) is 2.83. The molecule has 106 valence electrons. The average Bonchev–Trinajstić information content (AvgIpc) is 2.41. The largest absolute Gasteiger partial charge is 0.495 e. The normalized spacial score (nSPS) is 10.5. The van der Waals surface area contributed by atoms with Gasteiger partial charge in [-0.3, -0.25) is 19.4 Å². The molecule has 1 heterocycles. The molecule has 0 aliphatic rings. The first-order chi connectivity index (χ1) is 9.51. The molecular formula is C12H14N4O3S. The standard InChI is InChI=1S/C12H14N4O3S/c1-16-12(14-10(17)11(18)15-16)20-6-7-3-4-9(19-2)8(13)5-7/h3-5H,6,13H2,1-2H3,(H,15,18). The van der Waals surface area contributed by atoms with E-state index in [0.29, 0.717) is 22.3 Å². The van der Waals surface area contributed by atoms with E-state index in [0.717, 1.165) is 5.56 Å². The fraction of sp³-hybridized carbons (Fsp3) is 0.250. The van der Waals surface area contributed by atoms with Crippen molar-refractivity contribution in [3.05, 3.63) is 44.5 Å². The summed E-state index contributed by atoms with van der Waals surface area (Å²) in [4.78, 5) is 26.0. The van der Waals surface area contributed by atoms with Crippen LogP contribution in [-0.4, -0.2) is 21.9 Å². The summed E-state index contributed by atoms with van der Waals surface area (Å²) in [5.74, 6) is 1.19. The van der Waals surface area contributed by atoms with Gasteiger partial charge in [-0.15, -0.1) is 0 Å². The number of nitrogens with one attached hydrogen (secondary N) is 1. The first kappa shape index (κ1) is 14.2. The molecule has 2 aromatic rings. The number of rotatable bonds is 4. The number of hydrogen-bond donors (Lipinski definition) is 2. The van der Waals surface area contributed by atoms with Gasteiger partial charge in [-0.2, -0.15) is 4.98 Å². The molecule has 3 N–H and O–H groups in total. The van der Waals surface area contributed by atoms with E-state index >= 15 is 0 Å². The maximum atomic E-state index is 11.2. The van der Waals surface area contributed by atoms with Crippen molar-refractivity contribution in [2.45, 2.75) is 10.9 Å². The molecule has 0 aliphatic heterocycles. The number of thioether (sulfide) groups is 1. The smallest absolute Gasteiger partial charge is 0.339 e. The molecule has 0 atom stereocenters. The summed E-state index contributed by atoms with van der Waals surface area (Å²) in [6, 6.07) is 5.46. The van der Waals surface area contributed by atoms with Gasteiger partial charge in [-0.1, -0.05) is 17.8 Å². The fourth-order valence-electron chi connectivity index (χ4n) is 1.61. The van der Waals surface area contributed by atoms with Crippen LogP contribution < -0.4 is 21.6 Å². The van der Waals surface area contributed by atoms with Crippen molar-refractivity contribution < 1.29 is 4.74 Å². The first-order valence-electron chi connectivity index (χ1n) is 5.74. The number of ether oxygens (including phenoxy) is 1. The Morgan fingerprint density at radius 1 is 1.45 bits per heavy atom. The Balaban J connectivity index is 2.17. The molecule has 0 bridgehead atoms. The monoisotopic (exact) mass is 294 g/mol. The van der Waals surface area contributed by atoms with Gasteiger partial charge < -0.3 is 10.5 Å². The quantitative estimate of drug-likeness (QED) is 0.479. The van der Waals surface area contributed by atoms with Crippen LogP contribution in [-0.2, 0) is 12.8 Å². The minimum absolute atomic E-state index is 0.434. The van der Waals surface area contributed by atoms with Crippen molar-refractivity contribution in [3.8, 4) is 5.75 Å². The molecule has 0 saturated heterocycles. The molecule has 1 aromatic carbocycles. The molecule has 2 rings (SSSR count). The number of aryl methyl sites for hydroxylation is 1. The number of nitrogen functional groups attached to an aromatic ring is 1. The zero-order chi connectivity index (χ0) is 14.7. The predicted molar refractivity (Wildman–Crippen MR) is 77.1 cm³/mol. The number of aromatic amines is 1. The Morgan fingerprint density at radius 3 is 2.85 bits per heavy atom. The lowest BCUT2D eigenvalue weighted by molar-refractivity contribution is 0.417. The average molecular weight is 294 g/mol. The van der Waals surface area contributed by atoms with Crippen LogP contribution in [0.15, 0.2) is 32.9 Å². The second-order valence-corrected chi connectivity index (χ2v) is 5.01. The lowest BCUT2D eigenvalue weighted by atomic mass is 10.2. The zero-order valence-electron chi connectivity index (χ0n) is 11.0. The third-order valence-electron chi connectivity index (χ3n) is 2.61. The van der Waals surface area contributed by atoms with Crippen LogP contribution in [0.25, 0.3) is 0 Å². The Morgan fingerprint density at radius 2 is 2.20 bits per heavy atom. The minimum Gasteiger partial charge on any atom is -0.495 e. The van der Waals surface area contributed by atoms with E-state index in [-0.39, 0.29) is 0 Å². The zero-order valence-corrected chi connectivity index (χ0v) is 11.9. The van der Waals surface area contributed by atoms with Gasteiger partial charge in [0.05, 0.1) is 12.8 Å². The van der Waals surface area contributed by atoms with E-state index < -0.39 is 11.1 Å². The topological polar surface area (TPSA) is 103 Å². The fourth-order valence-corrected chi connectivity index (χ4v) is 2.47. The van der Waals surface area contributed by atoms with Gasteiger partial charge in [0.15, 0.2) is 5.16 Å². The van der Waals surface area contributed by atoms with Gasteiger partial charge in [-0.25, -0.2) is 0 Å². The molecule has 0 amide bonds. The van der Waals surface area contributed by atoms with E-state index in [2.05, 4.69) is 10.1 Å². The van der Waals surface area contributed by atoms with Crippen LogP contribution in [0.1, 0.15) is 5.56 Å². The number of H-pyrrole nitrogens is 1. The van der Waals surface area contributed by atoms with Crippen molar-refractivity contribution in [3.63, 3.8) is 0 Å². The molecule has 0 fully saturated rings. The van der Waals surface area contributed by atoms with Crippen LogP contribution in [0.5, 0.6) is 5.75 Å². The highest BCUT2D eigenvalue weighted by Gasteiger charge is 2.06. The van der Waals surface area contributed by atoms with Crippen molar-refractivity contribution in [1.82, 2.24) is 14.8 Å². The van der Waals surface area contributed by atoms with Gasteiger partial charge in [-0.05, 0) is 17.7 Å². The van der Waals surface area contributed by atoms with E-state index in [1.165, 1.54) is 16.4 Å². The Labute approximate surface area is 118 Å². The van der Waals surface area contributed by atoms with Crippen molar-refractivity contribution >= 4 is 17.4 Å². The highest BCUT2D eigenvalue weighted by Crippen LogP contribution is 2.25. The number of benzene rings is 1. The highest BCUT2D eigenvalue weighted by atomic mass is 32.2. The lowest BCUT2D eigenvalue weighted by Crippen LogP contribution is -2.33. The summed E-state index contributed by atoms with van der Waals surface area (Å²) < 4.78 is 6.50. The SMILES string of the molecule is COc1ccc(CSc2nc(=O)c(=O)[nH]n2C)cc1N. The summed E-state index contributed by atoms with van der Waals surface area (Å²) in [6.45, 7) is 0. The molecule has 0 saturated carbocycles. The number of anilines is 1. The Kier molecular flexibility index (Phi) is 4.14. The molecule has 0 unspecified atom stereocenters. The van der Waals surface area contributed by atoms with Crippen LogP contribution >= 0.6 is 11.8 Å². The molecule has 8 heteroatoms. The summed E-state index contributed by atoms with van der Waals surface area (Å²) in [5.41, 5.74) is 5.82. The van der Waals surface area contributed by atoms with Crippen molar-refractivity contribution in [2.75, 3.05) is 12.8 Å². The summed E-state index contributed by atoms with van der Waals surface area (Å²) in [7, 11) is 3.18. The van der Waals surface area contributed by atoms with Crippen molar-refractivity contribution in [1.29, 1.82) is 0 Å². The molecule has 0 spiro atoms. The number of aromatic nitrogens is 3. The van der Waals surface area contributed by atoms with Gasteiger partial charge in [0.1, 0.15) is 5.75 Å². The van der Waals surface area contributed by atoms with Crippen molar-refractivity contribution in [2.24, 2.45) is 7.05 Å². The molecule has 7 nitrogen and oxygen atoms in total. The molecule has 20 heavy (non-hydrogen) atoms. The van der Waals surface area contributed by atoms with E-state index in [1.54, 1.807) is 26.3 Å². The van der Waals surface area contributed by atoms with Gasteiger partial charge in [0, 0.05) is 12.8 Å². The number of nitrogens with zero attached hydrogens (tertiary/aromatic N) is 2. The minimum atomic E-state index is -0.792. The second kappa shape index (κ2) is 5.83. The molecule has 1 aromatic heterocycles. The van der Waals surface area contributed by atoms with Gasteiger partial charge in [0.2, 0.25) is 0 Å². The molecule has 0 aliphatic carbocycles. The maximum absolute atomic E-state index is 11.2. The summed E-state index contributed by atoms with van der Waals surface area (Å²) >= 11 is 1.33. The number of nitrogens with two attached hydrogens (primary N) is 1. The molecular weight excluding hydrogens is 280 g/mol. The second-order valence-electron chi connectivity index (χ2n) is 4.06. The summed E-state index contributed by atoms with van der Waals surface area (Å²) in [6.07, 6.45) is 0. The van der Waals surface area contributed by atoms with Gasteiger partial charge >= 0.3 is 11.1 Å². The van der Waals surface area contributed by atoms with Gasteiger partial charge in [0.25, 0.3) is 0 Å². The Hall–Kier alpha value is -2.22. The van der Waals surface area contributed by atoms with Crippen LogP contribution in [0.2, 0.25) is 0 Å². The van der Waals surface area contributed by atoms with E-state index in [9.17, 15) is 9.59 Å². The number of methoxy groups -OCH3 is 1. The van der Waals surface area contributed by atoms with E-state index in [1.807, 2.05) is 6.07 Å². The third kappa shape index (κ3) is 3.02. The molecule has 0 radical (unpaired) electrons. The van der Waals surface area contributed by atoms with Crippen LogP contribution in [0.3, 0.4) is 0 Å². The Bertz CT molecular complexity index is 738. The first-order valence-corrected chi connectivity index (χ1v) is 6.72.